The zero-order valence-electron chi connectivity index (χ0n) is 18.7. The quantitative estimate of drug-likeness (QED) is 0.283. The van der Waals surface area contributed by atoms with E-state index in [0.717, 1.165) is 11.1 Å². The van der Waals surface area contributed by atoms with Crippen molar-refractivity contribution in [3.05, 3.63) is 95.5 Å². The van der Waals surface area contributed by atoms with Crippen LogP contribution in [0, 0.1) is 0 Å². The fourth-order valence-electron chi connectivity index (χ4n) is 3.45. The minimum absolute atomic E-state index is 0.0636. The summed E-state index contributed by atoms with van der Waals surface area (Å²) >= 11 is 7.83. The van der Waals surface area contributed by atoms with Gasteiger partial charge in [-0.15, -0.1) is 27.1 Å². The molecule has 3 aromatic carbocycles. The topological polar surface area (TPSA) is 130 Å². The number of nitrogens with zero attached hydrogens (tertiary/aromatic N) is 5. The van der Waals surface area contributed by atoms with Crippen LogP contribution in [0.15, 0.2) is 93.2 Å². The summed E-state index contributed by atoms with van der Waals surface area (Å²) in [4.78, 5) is 0.372. The van der Waals surface area contributed by atoms with Crippen LogP contribution in [0.3, 0.4) is 0 Å². The van der Waals surface area contributed by atoms with E-state index < -0.39 is 10.0 Å². The Balaban J connectivity index is 1.39. The number of halogens is 1. The van der Waals surface area contributed by atoms with Gasteiger partial charge >= 0.3 is 0 Å². The largest absolute Gasteiger partial charge is 0.419 e. The van der Waals surface area contributed by atoms with E-state index in [2.05, 4.69) is 20.5 Å². The van der Waals surface area contributed by atoms with Gasteiger partial charge in [0.1, 0.15) is 12.2 Å². The van der Waals surface area contributed by atoms with Crippen molar-refractivity contribution >= 4 is 33.4 Å². The Morgan fingerprint density at radius 3 is 2.42 bits per heavy atom. The Bertz CT molecular complexity index is 1610. The lowest BCUT2D eigenvalue weighted by atomic mass is 10.2. The number of nitrogens with two attached hydrogens (primary N) is 1. The minimum atomic E-state index is -4.04. The van der Waals surface area contributed by atoms with Crippen LogP contribution in [0.2, 0.25) is 5.02 Å². The number of hydrogen-bond acceptors (Lipinski definition) is 8. The maximum Gasteiger partial charge on any atom is 0.249 e. The molecule has 0 saturated heterocycles. The predicted octanol–water partition coefficient (Wildman–Crippen LogP) is 4.64. The Morgan fingerprint density at radius 1 is 0.972 bits per heavy atom. The van der Waals surface area contributed by atoms with Crippen LogP contribution in [0.4, 0.5) is 0 Å². The molecular formula is C24H19ClN6O3S2. The lowest BCUT2D eigenvalue weighted by Gasteiger charge is -2.10. The number of sulfonamides is 1. The molecule has 0 atom stereocenters. The molecule has 0 saturated carbocycles. The van der Waals surface area contributed by atoms with Crippen LogP contribution in [0.25, 0.3) is 22.7 Å². The highest BCUT2D eigenvalue weighted by Gasteiger charge is 2.22. The average molecular weight is 539 g/mol. The van der Waals surface area contributed by atoms with Crippen molar-refractivity contribution in [1.29, 1.82) is 0 Å². The van der Waals surface area contributed by atoms with Crippen LogP contribution in [-0.2, 0) is 22.3 Å². The monoisotopic (exact) mass is 538 g/mol. The van der Waals surface area contributed by atoms with Gasteiger partial charge in [0.15, 0.2) is 0 Å². The molecular weight excluding hydrogens is 520 g/mol. The highest BCUT2D eigenvalue weighted by atomic mass is 35.5. The molecule has 5 rings (SSSR count). The number of aromatic nitrogens is 5. The third-order valence-electron chi connectivity index (χ3n) is 5.18. The maximum absolute atomic E-state index is 12.4. The lowest BCUT2D eigenvalue weighted by Crippen LogP contribution is -2.13. The first kappa shape index (κ1) is 24.2. The van der Waals surface area contributed by atoms with Gasteiger partial charge in [-0.2, -0.15) is 0 Å². The van der Waals surface area contributed by atoms with Gasteiger partial charge in [0, 0.05) is 16.2 Å². The molecule has 9 nitrogen and oxygen atoms in total. The minimum Gasteiger partial charge on any atom is -0.419 e. The summed E-state index contributed by atoms with van der Waals surface area (Å²) in [5.74, 6) is 0.875. The molecule has 2 N–H and O–H groups in total. The molecule has 0 fully saturated rings. The average Bonchev–Trinajstić information content (AvgIpc) is 3.53. The fourth-order valence-corrected chi connectivity index (χ4v) is 5.82. The van der Waals surface area contributed by atoms with E-state index in [1.54, 1.807) is 16.9 Å². The molecule has 0 spiro atoms. The van der Waals surface area contributed by atoms with E-state index in [-0.39, 0.29) is 33.8 Å². The molecule has 36 heavy (non-hydrogen) atoms. The zero-order chi connectivity index (χ0) is 25.1. The Hall–Kier alpha value is -3.51. The number of hydrogen-bond donors (Lipinski definition) is 1. The normalized spacial score (nSPS) is 11.6. The summed E-state index contributed by atoms with van der Waals surface area (Å²) in [6.45, 7) is 0.178. The standard InChI is InChI=1S/C24H19ClN6O3S2/c25-19-12-21(35-15-16-7-3-1-4-8-16)22(36(26,32)33)11-18(19)24-29-28-23(34-24)14-31-13-20(27-30-31)17-9-5-2-6-10-17/h1-13H,14-15H2,(H2,26,32,33). The van der Waals surface area contributed by atoms with Gasteiger partial charge in [0.2, 0.25) is 21.8 Å². The Labute approximate surface area is 216 Å². The van der Waals surface area contributed by atoms with Crippen molar-refractivity contribution in [2.75, 3.05) is 0 Å². The van der Waals surface area contributed by atoms with Gasteiger partial charge in [-0.3, -0.25) is 0 Å². The van der Waals surface area contributed by atoms with E-state index >= 15 is 0 Å². The van der Waals surface area contributed by atoms with Crippen molar-refractivity contribution in [2.45, 2.75) is 22.1 Å². The van der Waals surface area contributed by atoms with Crippen molar-refractivity contribution in [3.63, 3.8) is 0 Å². The second-order valence-electron chi connectivity index (χ2n) is 7.77. The first-order valence-corrected chi connectivity index (χ1v) is 13.6. The first-order valence-electron chi connectivity index (χ1n) is 10.7. The molecule has 0 unspecified atom stereocenters. The van der Waals surface area contributed by atoms with E-state index in [4.69, 9.17) is 21.2 Å². The first-order chi connectivity index (χ1) is 17.4. The summed E-state index contributed by atoms with van der Waals surface area (Å²) in [6, 6.07) is 22.2. The number of primary sulfonamides is 1. The second-order valence-corrected chi connectivity index (χ2v) is 10.7. The van der Waals surface area contributed by atoms with Gasteiger partial charge in [-0.1, -0.05) is 77.5 Å². The molecule has 0 aliphatic heterocycles. The fraction of sp³-hybridized carbons (Fsp3) is 0.0833. The highest BCUT2D eigenvalue weighted by molar-refractivity contribution is 7.99. The van der Waals surface area contributed by atoms with Crippen LogP contribution in [0.1, 0.15) is 11.5 Å². The highest BCUT2D eigenvalue weighted by Crippen LogP contribution is 2.37. The summed E-state index contributed by atoms with van der Waals surface area (Å²) < 4.78 is 32.1. The molecule has 2 aromatic heterocycles. The van der Waals surface area contributed by atoms with Crippen molar-refractivity contribution < 1.29 is 12.8 Å². The summed E-state index contributed by atoms with van der Waals surface area (Å²) in [6.07, 6.45) is 1.77. The van der Waals surface area contributed by atoms with Gasteiger partial charge in [0.05, 0.1) is 21.7 Å². The van der Waals surface area contributed by atoms with E-state index in [9.17, 15) is 8.42 Å². The summed E-state index contributed by atoms with van der Waals surface area (Å²) in [5, 5.41) is 22.2. The lowest BCUT2D eigenvalue weighted by molar-refractivity contribution is 0.469. The van der Waals surface area contributed by atoms with E-state index in [1.165, 1.54) is 17.8 Å². The molecule has 12 heteroatoms. The maximum atomic E-state index is 12.4. The molecule has 5 aromatic rings. The van der Waals surface area contributed by atoms with Gasteiger partial charge in [-0.25, -0.2) is 18.2 Å². The molecule has 2 heterocycles. The molecule has 0 amide bonds. The van der Waals surface area contributed by atoms with Gasteiger partial charge < -0.3 is 4.42 Å². The third-order valence-corrected chi connectivity index (χ3v) is 7.70. The number of rotatable bonds is 8. The van der Waals surface area contributed by atoms with Crippen molar-refractivity contribution in [2.24, 2.45) is 5.14 Å². The zero-order valence-corrected chi connectivity index (χ0v) is 21.0. The van der Waals surface area contributed by atoms with Crippen molar-refractivity contribution in [1.82, 2.24) is 25.2 Å². The summed E-state index contributed by atoms with van der Waals surface area (Å²) in [5.41, 5.74) is 2.95. The van der Waals surface area contributed by atoms with Gasteiger partial charge in [0.25, 0.3) is 0 Å². The molecule has 0 bridgehead atoms. The van der Waals surface area contributed by atoms with Crippen LogP contribution >= 0.6 is 23.4 Å². The van der Waals surface area contributed by atoms with Crippen molar-refractivity contribution in [3.8, 4) is 22.7 Å². The molecule has 0 aliphatic carbocycles. The number of benzene rings is 3. The molecule has 0 radical (unpaired) electrons. The summed E-state index contributed by atoms with van der Waals surface area (Å²) in [7, 11) is -4.04. The molecule has 182 valence electrons. The van der Waals surface area contributed by atoms with Gasteiger partial charge in [-0.05, 0) is 17.7 Å². The Kier molecular flexibility index (Phi) is 6.88. The SMILES string of the molecule is NS(=O)(=O)c1cc(-c2nnc(Cn3cc(-c4ccccc4)nn3)o2)c(Cl)cc1SCc1ccccc1. The molecule has 0 aliphatic rings. The smallest absolute Gasteiger partial charge is 0.249 e. The van der Waals surface area contributed by atoms with Crippen LogP contribution in [-0.4, -0.2) is 33.6 Å². The van der Waals surface area contributed by atoms with Crippen LogP contribution in [0.5, 0.6) is 0 Å². The predicted molar refractivity (Wildman–Crippen MR) is 137 cm³/mol. The van der Waals surface area contributed by atoms with Crippen LogP contribution < -0.4 is 5.14 Å². The second kappa shape index (κ2) is 10.2. The Morgan fingerprint density at radius 2 is 1.69 bits per heavy atom. The van der Waals surface area contributed by atoms with E-state index in [0.29, 0.717) is 16.3 Å². The van der Waals surface area contributed by atoms with E-state index in [1.807, 2.05) is 60.7 Å². The number of thioether (sulfide) groups is 1. The third kappa shape index (κ3) is 5.49.